The number of benzene rings is 1. The second-order valence-corrected chi connectivity index (χ2v) is 6.72. The minimum Gasteiger partial charge on any atom is -0.395 e. The van der Waals surface area contributed by atoms with E-state index in [-0.39, 0.29) is 13.2 Å². The molecule has 2 N–H and O–H groups in total. The Morgan fingerprint density at radius 2 is 2.00 bits per heavy atom. The van der Waals surface area contributed by atoms with Crippen molar-refractivity contribution in [1.29, 1.82) is 0 Å². The van der Waals surface area contributed by atoms with Crippen LogP contribution in [0.1, 0.15) is 25.3 Å². The van der Waals surface area contributed by atoms with E-state index in [4.69, 9.17) is 0 Å². The van der Waals surface area contributed by atoms with E-state index in [1.165, 1.54) is 0 Å². The molecule has 0 radical (unpaired) electrons. The second-order valence-electron chi connectivity index (χ2n) is 4.41. The Balaban J connectivity index is 2.79. The van der Waals surface area contributed by atoms with Crippen LogP contribution in [0.15, 0.2) is 28.7 Å². The summed E-state index contributed by atoms with van der Waals surface area (Å²) in [6.45, 7) is 2.11. The Morgan fingerprint density at radius 1 is 1.28 bits per heavy atom. The van der Waals surface area contributed by atoms with Crippen LogP contribution in [0, 0.1) is 0 Å². The molecule has 0 saturated carbocycles. The van der Waals surface area contributed by atoms with Gasteiger partial charge in [0.05, 0.1) is 13.2 Å². The number of rotatable bonds is 8. The highest BCUT2D eigenvalue weighted by atomic mass is 79.9. The van der Waals surface area contributed by atoms with E-state index in [1.807, 2.05) is 36.0 Å². The zero-order valence-corrected chi connectivity index (χ0v) is 13.1. The first-order chi connectivity index (χ1) is 8.68. The summed E-state index contributed by atoms with van der Waals surface area (Å²) in [6, 6.07) is 7.86. The lowest BCUT2D eigenvalue weighted by Gasteiger charge is -2.30. The molecule has 0 fully saturated rings. The summed E-state index contributed by atoms with van der Waals surface area (Å²) in [5, 5.41) is 19.4. The zero-order valence-electron chi connectivity index (χ0n) is 10.7. The summed E-state index contributed by atoms with van der Waals surface area (Å²) in [6.07, 6.45) is 1.82. The Labute approximate surface area is 122 Å². The maximum Gasteiger partial charge on any atom is 0.0550 e. The van der Waals surface area contributed by atoms with Crippen molar-refractivity contribution in [2.75, 3.05) is 24.7 Å². The smallest absolute Gasteiger partial charge is 0.0550 e. The summed E-state index contributed by atoms with van der Waals surface area (Å²) in [4.78, 5) is 0. The lowest BCUT2D eigenvalue weighted by atomic mass is 9.78. The molecule has 0 heterocycles. The average molecular weight is 333 g/mol. The van der Waals surface area contributed by atoms with Gasteiger partial charge in [-0.3, -0.25) is 0 Å². The normalized spacial score (nSPS) is 11.8. The van der Waals surface area contributed by atoms with Crippen LogP contribution >= 0.6 is 27.7 Å². The number of hydrogen-bond acceptors (Lipinski definition) is 3. The topological polar surface area (TPSA) is 40.5 Å². The molecule has 0 bridgehead atoms. The van der Waals surface area contributed by atoms with Gasteiger partial charge in [0, 0.05) is 9.89 Å². The van der Waals surface area contributed by atoms with Crippen LogP contribution in [0.3, 0.4) is 0 Å². The average Bonchev–Trinajstić information content (AvgIpc) is 2.40. The van der Waals surface area contributed by atoms with Crippen molar-refractivity contribution in [3.05, 3.63) is 34.3 Å². The minimum absolute atomic E-state index is 0.0171. The van der Waals surface area contributed by atoms with Crippen molar-refractivity contribution < 1.29 is 10.2 Å². The third-order valence-corrected chi connectivity index (χ3v) is 4.67. The van der Waals surface area contributed by atoms with E-state index in [2.05, 4.69) is 22.9 Å². The van der Waals surface area contributed by atoms with Crippen molar-refractivity contribution in [1.82, 2.24) is 0 Å². The Kier molecular flexibility index (Phi) is 7.30. The predicted octanol–water partition coefficient (Wildman–Crippen LogP) is 3.20. The highest BCUT2D eigenvalue weighted by molar-refractivity contribution is 9.10. The molecule has 0 aliphatic rings. The Hall–Kier alpha value is -0.0300. The van der Waals surface area contributed by atoms with E-state index >= 15 is 0 Å². The fourth-order valence-electron chi connectivity index (χ4n) is 2.01. The van der Waals surface area contributed by atoms with Gasteiger partial charge in [-0.05, 0) is 42.0 Å². The van der Waals surface area contributed by atoms with Crippen LogP contribution in [0.2, 0.25) is 0 Å². The van der Waals surface area contributed by atoms with E-state index in [0.29, 0.717) is 0 Å². The monoisotopic (exact) mass is 332 g/mol. The van der Waals surface area contributed by atoms with Crippen molar-refractivity contribution in [2.45, 2.75) is 25.2 Å². The van der Waals surface area contributed by atoms with Gasteiger partial charge in [0.25, 0.3) is 0 Å². The summed E-state index contributed by atoms with van der Waals surface area (Å²) < 4.78 is 0.981. The van der Waals surface area contributed by atoms with Crippen LogP contribution < -0.4 is 0 Å². The number of aliphatic hydroxyl groups is 2. The molecule has 1 aromatic carbocycles. The molecule has 0 aromatic heterocycles. The van der Waals surface area contributed by atoms with Gasteiger partial charge in [0.15, 0.2) is 0 Å². The molecule has 0 saturated heterocycles. The second kappa shape index (κ2) is 8.20. The van der Waals surface area contributed by atoms with Crippen LogP contribution in [-0.4, -0.2) is 34.9 Å². The van der Waals surface area contributed by atoms with Crippen LogP contribution in [0.4, 0.5) is 0 Å². The molecule has 18 heavy (non-hydrogen) atoms. The maximum absolute atomic E-state index is 9.70. The summed E-state index contributed by atoms with van der Waals surface area (Å²) >= 11 is 5.33. The SMILES string of the molecule is CCSCCCC(CO)(CO)c1cccc(Br)c1. The first-order valence-corrected chi connectivity index (χ1v) is 8.19. The van der Waals surface area contributed by atoms with Gasteiger partial charge in [-0.15, -0.1) is 0 Å². The first kappa shape index (κ1) is 16.0. The van der Waals surface area contributed by atoms with Gasteiger partial charge in [-0.1, -0.05) is 35.0 Å². The molecule has 1 aromatic rings. The van der Waals surface area contributed by atoms with Crippen molar-refractivity contribution in [2.24, 2.45) is 0 Å². The van der Waals surface area contributed by atoms with E-state index in [9.17, 15) is 10.2 Å². The first-order valence-electron chi connectivity index (χ1n) is 6.24. The molecule has 0 aliphatic heterocycles. The van der Waals surface area contributed by atoms with Crippen molar-refractivity contribution in [3.63, 3.8) is 0 Å². The Bertz CT molecular complexity index is 353. The lowest BCUT2D eigenvalue weighted by Crippen LogP contribution is -2.35. The summed E-state index contributed by atoms with van der Waals surface area (Å²) in [5.41, 5.74) is 0.487. The minimum atomic E-state index is -0.516. The largest absolute Gasteiger partial charge is 0.395 e. The number of aliphatic hydroxyl groups excluding tert-OH is 2. The molecule has 102 valence electrons. The summed E-state index contributed by atoms with van der Waals surface area (Å²) in [7, 11) is 0. The Morgan fingerprint density at radius 3 is 2.56 bits per heavy atom. The molecular formula is C14H21BrO2S. The molecular weight excluding hydrogens is 312 g/mol. The predicted molar refractivity (Wildman–Crippen MR) is 82.2 cm³/mol. The van der Waals surface area contributed by atoms with Gasteiger partial charge in [0.2, 0.25) is 0 Å². The third kappa shape index (κ3) is 4.26. The summed E-state index contributed by atoms with van der Waals surface area (Å²) in [5.74, 6) is 2.19. The molecule has 0 aliphatic carbocycles. The number of hydrogen-bond donors (Lipinski definition) is 2. The van der Waals surface area contributed by atoms with Crippen LogP contribution in [-0.2, 0) is 5.41 Å². The van der Waals surface area contributed by atoms with Gasteiger partial charge in [-0.2, -0.15) is 11.8 Å². The fraction of sp³-hybridized carbons (Fsp3) is 0.571. The highest BCUT2D eigenvalue weighted by Crippen LogP contribution is 2.31. The third-order valence-electron chi connectivity index (χ3n) is 3.19. The molecule has 0 unspecified atom stereocenters. The zero-order chi connectivity index (χ0) is 13.4. The molecule has 0 amide bonds. The fourth-order valence-corrected chi connectivity index (χ4v) is 3.05. The quantitative estimate of drug-likeness (QED) is 0.718. The molecule has 2 nitrogen and oxygen atoms in total. The van der Waals surface area contributed by atoms with Gasteiger partial charge >= 0.3 is 0 Å². The standard InChI is InChI=1S/C14H21BrO2S/c1-2-18-8-4-7-14(10-16,11-17)12-5-3-6-13(15)9-12/h3,5-6,9,16-17H,2,4,7-8,10-11H2,1H3. The van der Waals surface area contributed by atoms with E-state index in [0.717, 1.165) is 34.4 Å². The molecule has 4 heteroatoms. The number of thioether (sulfide) groups is 1. The van der Waals surface area contributed by atoms with Gasteiger partial charge in [0.1, 0.15) is 0 Å². The molecule has 1 rings (SSSR count). The van der Waals surface area contributed by atoms with E-state index in [1.54, 1.807) is 0 Å². The van der Waals surface area contributed by atoms with E-state index < -0.39 is 5.41 Å². The van der Waals surface area contributed by atoms with Crippen LogP contribution in [0.5, 0.6) is 0 Å². The lowest BCUT2D eigenvalue weighted by molar-refractivity contribution is 0.109. The number of halogens is 1. The maximum atomic E-state index is 9.70. The highest BCUT2D eigenvalue weighted by Gasteiger charge is 2.30. The molecule has 0 spiro atoms. The van der Waals surface area contributed by atoms with Gasteiger partial charge in [-0.25, -0.2) is 0 Å². The van der Waals surface area contributed by atoms with Crippen LogP contribution in [0.25, 0.3) is 0 Å². The van der Waals surface area contributed by atoms with Crippen molar-refractivity contribution >= 4 is 27.7 Å². The van der Waals surface area contributed by atoms with Crippen molar-refractivity contribution in [3.8, 4) is 0 Å². The molecule has 0 atom stereocenters. The van der Waals surface area contributed by atoms with Gasteiger partial charge < -0.3 is 10.2 Å².